The number of benzene rings is 2. The van der Waals surface area contributed by atoms with Gasteiger partial charge in [-0.1, -0.05) is 127 Å². The Morgan fingerprint density at radius 2 is 0.944 bits per heavy atom. The van der Waals surface area contributed by atoms with Crippen molar-refractivity contribution in [3.8, 4) is 11.5 Å². The standard InChI is InChI=1S/C30H46ClO4P/c1-3-5-7-9-11-13-15-21-27-23-17-19-25-29(27)33-36(32,35-31)34-30-26-20-18-24-28(30)22-16-14-12-10-8-6-4-2/h17-20,23-26H,3-16,21-22H2,1-2H3. The largest absolute Gasteiger partial charge is 0.604 e. The smallest absolute Gasteiger partial charge is 0.394 e. The summed E-state index contributed by atoms with van der Waals surface area (Å²) < 4.78 is 29.8. The summed E-state index contributed by atoms with van der Waals surface area (Å²) in [6.45, 7) is 4.47. The first-order chi connectivity index (χ1) is 17.6. The lowest BCUT2D eigenvalue weighted by Gasteiger charge is -2.19. The number of aryl methyl sites for hydroxylation is 2. The molecule has 0 atom stereocenters. The number of halogens is 1. The van der Waals surface area contributed by atoms with E-state index in [1.54, 1.807) is 12.1 Å². The van der Waals surface area contributed by atoms with Crippen molar-refractivity contribution in [3.63, 3.8) is 0 Å². The van der Waals surface area contributed by atoms with Crippen LogP contribution in [0.1, 0.15) is 115 Å². The molecule has 0 heterocycles. The van der Waals surface area contributed by atoms with Crippen LogP contribution in [0.15, 0.2) is 48.5 Å². The second-order valence-electron chi connectivity index (χ2n) is 9.66. The molecule has 202 valence electrons. The molecule has 2 aromatic rings. The van der Waals surface area contributed by atoms with Gasteiger partial charge in [-0.2, -0.15) is 4.08 Å². The van der Waals surface area contributed by atoms with E-state index >= 15 is 0 Å². The van der Waals surface area contributed by atoms with Gasteiger partial charge in [0.15, 0.2) is 0 Å². The Bertz CT molecular complexity index is 821. The molecule has 36 heavy (non-hydrogen) atoms. The summed E-state index contributed by atoms with van der Waals surface area (Å²) in [4.78, 5) is 0. The van der Waals surface area contributed by atoms with Crippen LogP contribution in [0.5, 0.6) is 11.5 Å². The third kappa shape index (κ3) is 12.2. The van der Waals surface area contributed by atoms with Gasteiger partial charge in [-0.3, -0.25) is 0 Å². The molecule has 0 amide bonds. The molecular weight excluding hydrogens is 491 g/mol. The van der Waals surface area contributed by atoms with E-state index < -0.39 is 7.82 Å². The number of unbranched alkanes of at least 4 members (excludes halogenated alkanes) is 12. The SMILES string of the molecule is CCCCCCCCCc1ccccc1OP(=O)(OCl)Oc1ccccc1CCCCCCCCC. The third-order valence-corrected chi connectivity index (χ3v) is 8.07. The average molecular weight is 537 g/mol. The number of hydrogen-bond acceptors (Lipinski definition) is 4. The highest BCUT2D eigenvalue weighted by atomic mass is 35.5. The van der Waals surface area contributed by atoms with Crippen LogP contribution in [0.3, 0.4) is 0 Å². The first-order valence-electron chi connectivity index (χ1n) is 14.1. The Morgan fingerprint density at radius 1 is 0.583 bits per heavy atom. The van der Waals surface area contributed by atoms with Crippen LogP contribution in [0, 0.1) is 0 Å². The fraction of sp³-hybridized carbons (Fsp3) is 0.600. The Hall–Kier alpha value is -1.48. The fourth-order valence-electron chi connectivity index (χ4n) is 4.43. The zero-order valence-electron chi connectivity index (χ0n) is 22.4. The molecule has 4 nitrogen and oxygen atoms in total. The van der Waals surface area contributed by atoms with E-state index in [1.165, 1.54) is 77.0 Å². The average Bonchev–Trinajstić information content (AvgIpc) is 2.89. The Kier molecular flexibility index (Phi) is 16.0. The number of rotatable bonds is 21. The first-order valence-corrected chi connectivity index (χ1v) is 15.8. The van der Waals surface area contributed by atoms with Gasteiger partial charge in [0, 0.05) is 0 Å². The lowest BCUT2D eigenvalue weighted by atomic mass is 10.0. The quantitative estimate of drug-likeness (QED) is 0.117. The second-order valence-corrected chi connectivity index (χ2v) is 11.5. The van der Waals surface area contributed by atoms with E-state index in [-0.39, 0.29) is 0 Å². The van der Waals surface area contributed by atoms with Gasteiger partial charge in [0.1, 0.15) is 11.5 Å². The molecule has 0 N–H and O–H groups in total. The summed E-state index contributed by atoms with van der Waals surface area (Å²) in [6, 6.07) is 15.2. The van der Waals surface area contributed by atoms with E-state index in [0.717, 1.165) is 36.8 Å². The van der Waals surface area contributed by atoms with Gasteiger partial charge >= 0.3 is 7.82 Å². The van der Waals surface area contributed by atoms with Crippen molar-refractivity contribution in [1.29, 1.82) is 0 Å². The van der Waals surface area contributed by atoms with E-state index in [1.807, 2.05) is 36.4 Å². The predicted molar refractivity (Wildman–Crippen MR) is 152 cm³/mol. The van der Waals surface area contributed by atoms with E-state index in [9.17, 15) is 4.57 Å². The number of hydrogen-bond donors (Lipinski definition) is 0. The fourth-order valence-corrected chi connectivity index (χ4v) is 5.53. The molecule has 0 unspecified atom stereocenters. The van der Waals surface area contributed by atoms with Crippen LogP contribution in [-0.4, -0.2) is 0 Å². The van der Waals surface area contributed by atoms with Gasteiger partial charge < -0.3 is 9.05 Å². The van der Waals surface area contributed by atoms with Crippen LogP contribution in [0.4, 0.5) is 0 Å². The molecule has 0 fully saturated rings. The summed E-state index contributed by atoms with van der Waals surface area (Å²) in [5.74, 6) is 0.994. The topological polar surface area (TPSA) is 44.8 Å². The van der Waals surface area contributed by atoms with Crippen molar-refractivity contribution < 1.29 is 17.7 Å². The number of para-hydroxylation sites is 2. The maximum Gasteiger partial charge on any atom is 0.604 e. The maximum atomic E-state index is 13.4. The molecule has 0 aliphatic heterocycles. The number of phosphoric acid groups is 1. The molecule has 0 saturated heterocycles. The lowest BCUT2D eigenvalue weighted by Crippen LogP contribution is -2.04. The van der Waals surface area contributed by atoms with Crippen molar-refractivity contribution in [3.05, 3.63) is 59.7 Å². The number of phosphoric ester groups is 1. The van der Waals surface area contributed by atoms with Crippen molar-refractivity contribution in [2.45, 2.75) is 117 Å². The van der Waals surface area contributed by atoms with E-state index in [2.05, 4.69) is 13.8 Å². The Balaban J connectivity index is 1.92. The van der Waals surface area contributed by atoms with Crippen molar-refractivity contribution >= 4 is 19.7 Å². The highest BCUT2D eigenvalue weighted by Gasteiger charge is 2.32. The van der Waals surface area contributed by atoms with Gasteiger partial charge in [-0.25, -0.2) is 4.57 Å². The Labute approximate surface area is 224 Å². The molecule has 6 heteroatoms. The predicted octanol–water partition coefficient (Wildman–Crippen LogP) is 11.0. The van der Waals surface area contributed by atoms with Gasteiger partial charge in [-0.05, 0) is 48.9 Å². The lowest BCUT2D eigenvalue weighted by molar-refractivity contribution is 0.305. The normalized spacial score (nSPS) is 11.5. The maximum absolute atomic E-state index is 13.4. The summed E-state index contributed by atoms with van der Waals surface area (Å²) in [6.07, 6.45) is 19.0. The van der Waals surface area contributed by atoms with Gasteiger partial charge in [0.05, 0.1) is 11.9 Å². The van der Waals surface area contributed by atoms with Crippen LogP contribution in [-0.2, 0) is 21.5 Å². The van der Waals surface area contributed by atoms with E-state index in [4.69, 9.17) is 25.0 Å². The zero-order chi connectivity index (χ0) is 25.9. The summed E-state index contributed by atoms with van der Waals surface area (Å²) in [7, 11) is -4.05. The van der Waals surface area contributed by atoms with Crippen LogP contribution in [0.25, 0.3) is 0 Å². The molecule has 2 rings (SSSR count). The minimum atomic E-state index is -4.05. The van der Waals surface area contributed by atoms with Crippen molar-refractivity contribution in [2.24, 2.45) is 0 Å². The van der Waals surface area contributed by atoms with Crippen molar-refractivity contribution in [1.82, 2.24) is 0 Å². The first kappa shape index (κ1) is 30.7. The molecule has 0 saturated carbocycles. The van der Waals surface area contributed by atoms with Gasteiger partial charge in [0.25, 0.3) is 0 Å². The highest BCUT2D eigenvalue weighted by Crippen LogP contribution is 2.52. The van der Waals surface area contributed by atoms with Crippen LogP contribution in [0.2, 0.25) is 0 Å². The summed E-state index contributed by atoms with van der Waals surface area (Å²) >= 11 is 5.67. The molecule has 0 aliphatic rings. The molecular formula is C30H46ClO4P. The molecule has 0 spiro atoms. The minimum Gasteiger partial charge on any atom is -0.394 e. The highest BCUT2D eigenvalue weighted by molar-refractivity contribution is 7.50. The van der Waals surface area contributed by atoms with Gasteiger partial charge in [-0.15, -0.1) is 0 Å². The second kappa shape index (κ2) is 18.7. The van der Waals surface area contributed by atoms with Crippen LogP contribution >= 0.6 is 19.7 Å². The monoisotopic (exact) mass is 536 g/mol. The molecule has 0 radical (unpaired) electrons. The molecule has 0 aromatic heterocycles. The zero-order valence-corrected chi connectivity index (χ0v) is 24.0. The van der Waals surface area contributed by atoms with Crippen LogP contribution < -0.4 is 9.05 Å². The van der Waals surface area contributed by atoms with Gasteiger partial charge in [0.2, 0.25) is 0 Å². The van der Waals surface area contributed by atoms with E-state index in [0.29, 0.717) is 11.5 Å². The third-order valence-electron chi connectivity index (χ3n) is 6.55. The molecule has 0 aliphatic carbocycles. The summed E-state index contributed by atoms with van der Waals surface area (Å²) in [5.41, 5.74) is 1.97. The minimum absolute atomic E-state index is 0.497. The Morgan fingerprint density at radius 3 is 1.33 bits per heavy atom. The molecule has 2 aromatic carbocycles. The summed E-state index contributed by atoms with van der Waals surface area (Å²) in [5, 5.41) is 0. The van der Waals surface area contributed by atoms with Crippen molar-refractivity contribution in [2.75, 3.05) is 0 Å². The molecule has 0 bridgehead atoms.